The van der Waals surface area contributed by atoms with Crippen molar-refractivity contribution in [1.29, 1.82) is 0 Å². The van der Waals surface area contributed by atoms with Crippen LogP contribution < -0.4 is 10.6 Å². The lowest BCUT2D eigenvalue weighted by atomic mass is 9.96. The zero-order valence-corrected chi connectivity index (χ0v) is 12.5. The van der Waals surface area contributed by atoms with Crippen molar-refractivity contribution >= 4 is 17.7 Å². The average molecular weight is 294 g/mol. The van der Waals surface area contributed by atoms with E-state index in [0.717, 1.165) is 12.8 Å². The normalized spacial score (nSPS) is 12.0. The Hall–Kier alpha value is -2.24. The highest BCUT2D eigenvalue weighted by Crippen LogP contribution is 2.22. The highest BCUT2D eigenvalue weighted by Gasteiger charge is 2.16. The molecule has 1 unspecified atom stereocenters. The first-order valence-electron chi connectivity index (χ1n) is 7.02. The molecule has 0 bridgehead atoms. The molecule has 6 nitrogen and oxygen atoms in total. The molecule has 1 rings (SSSR count). The van der Waals surface area contributed by atoms with Crippen LogP contribution in [-0.2, 0) is 0 Å². The molecule has 0 saturated carbocycles. The van der Waals surface area contributed by atoms with Crippen LogP contribution in [0.2, 0.25) is 0 Å². The minimum absolute atomic E-state index is 0.0342. The number of hydrogen-bond donors (Lipinski definition) is 4. The van der Waals surface area contributed by atoms with E-state index in [1.54, 1.807) is 0 Å². The smallest absolute Gasteiger partial charge is 0.339 e. The topological polar surface area (TPSA) is 98.7 Å². The number of hydrogen-bond acceptors (Lipinski definition) is 3. The number of carboxylic acid groups (broad SMARTS) is 1. The number of aromatic carboxylic acids is 1. The number of aromatic hydroxyl groups is 1. The summed E-state index contributed by atoms with van der Waals surface area (Å²) in [6, 6.07) is 3.55. The van der Waals surface area contributed by atoms with Crippen molar-refractivity contribution in [3.63, 3.8) is 0 Å². The molecule has 1 aromatic rings. The standard InChI is InChI=1S/C15H22N2O4/c1-4-10(5-2)9(3)16-15(21)17-11-6-7-12(14(19)20)13(18)8-11/h6-10,18H,4-5H2,1-3H3,(H,19,20)(H2,16,17,21). The molecule has 0 heterocycles. The first-order valence-corrected chi connectivity index (χ1v) is 7.02. The Labute approximate surface area is 124 Å². The molecule has 2 amide bonds. The van der Waals surface area contributed by atoms with E-state index in [0.29, 0.717) is 11.6 Å². The monoisotopic (exact) mass is 294 g/mol. The Morgan fingerprint density at radius 3 is 2.33 bits per heavy atom. The SMILES string of the molecule is CCC(CC)C(C)NC(=O)Nc1ccc(C(=O)O)c(O)c1. The van der Waals surface area contributed by atoms with E-state index in [-0.39, 0.29) is 23.4 Å². The van der Waals surface area contributed by atoms with E-state index in [9.17, 15) is 14.7 Å². The summed E-state index contributed by atoms with van der Waals surface area (Å²) < 4.78 is 0. The molecule has 0 aromatic heterocycles. The van der Waals surface area contributed by atoms with Gasteiger partial charge in [-0.15, -0.1) is 0 Å². The Balaban J connectivity index is 2.67. The summed E-state index contributed by atoms with van der Waals surface area (Å²) in [7, 11) is 0. The lowest BCUT2D eigenvalue weighted by molar-refractivity contribution is 0.0694. The number of rotatable bonds is 6. The molecule has 0 fully saturated rings. The number of amides is 2. The predicted octanol–water partition coefficient (Wildman–Crippen LogP) is 3.04. The van der Waals surface area contributed by atoms with Gasteiger partial charge in [0.15, 0.2) is 0 Å². The lowest BCUT2D eigenvalue weighted by Crippen LogP contribution is -2.40. The number of carboxylic acids is 1. The van der Waals surface area contributed by atoms with Crippen molar-refractivity contribution in [3.8, 4) is 5.75 Å². The summed E-state index contributed by atoms with van der Waals surface area (Å²) in [5.41, 5.74) is 0.137. The molecule has 1 aromatic carbocycles. The summed E-state index contributed by atoms with van der Waals surface area (Å²) in [4.78, 5) is 22.7. The van der Waals surface area contributed by atoms with Crippen LogP contribution in [0.15, 0.2) is 18.2 Å². The summed E-state index contributed by atoms with van der Waals surface area (Å²) in [5.74, 6) is -1.20. The van der Waals surface area contributed by atoms with Gasteiger partial charge in [-0.25, -0.2) is 9.59 Å². The summed E-state index contributed by atoms with van der Waals surface area (Å²) >= 11 is 0. The molecule has 21 heavy (non-hydrogen) atoms. The van der Waals surface area contributed by atoms with Crippen LogP contribution in [0.4, 0.5) is 10.5 Å². The third-order valence-electron chi connectivity index (χ3n) is 3.60. The second-order valence-corrected chi connectivity index (χ2v) is 5.00. The van der Waals surface area contributed by atoms with E-state index >= 15 is 0 Å². The van der Waals surface area contributed by atoms with E-state index < -0.39 is 5.97 Å². The number of phenols is 1. The number of carbonyl (C=O) groups is 2. The number of urea groups is 1. The number of benzene rings is 1. The van der Waals surface area contributed by atoms with Crippen molar-refractivity contribution in [2.24, 2.45) is 5.92 Å². The van der Waals surface area contributed by atoms with E-state index in [4.69, 9.17) is 5.11 Å². The molecule has 0 aliphatic carbocycles. The maximum atomic E-state index is 11.9. The van der Waals surface area contributed by atoms with Crippen molar-refractivity contribution in [1.82, 2.24) is 5.32 Å². The van der Waals surface area contributed by atoms with Gasteiger partial charge in [0.2, 0.25) is 0 Å². The van der Waals surface area contributed by atoms with Gasteiger partial charge in [-0.1, -0.05) is 26.7 Å². The van der Waals surface area contributed by atoms with Gasteiger partial charge in [-0.2, -0.15) is 0 Å². The summed E-state index contributed by atoms with van der Waals surface area (Å²) in [5, 5.41) is 23.8. The second kappa shape index (κ2) is 7.52. The van der Waals surface area contributed by atoms with Crippen LogP contribution in [0.25, 0.3) is 0 Å². The molecule has 0 spiro atoms. The van der Waals surface area contributed by atoms with Gasteiger partial charge in [-0.05, 0) is 25.0 Å². The highest BCUT2D eigenvalue weighted by atomic mass is 16.4. The van der Waals surface area contributed by atoms with Crippen LogP contribution in [0.5, 0.6) is 5.75 Å². The molecule has 0 saturated heterocycles. The van der Waals surface area contributed by atoms with E-state index in [1.807, 2.05) is 6.92 Å². The van der Waals surface area contributed by atoms with Crippen molar-refractivity contribution in [2.45, 2.75) is 39.7 Å². The molecule has 0 aliphatic rings. The largest absolute Gasteiger partial charge is 0.507 e. The molecule has 0 aliphatic heterocycles. The molecule has 0 radical (unpaired) electrons. The zero-order valence-electron chi connectivity index (χ0n) is 12.5. The Kier molecular flexibility index (Phi) is 6.02. The zero-order chi connectivity index (χ0) is 16.0. The second-order valence-electron chi connectivity index (χ2n) is 5.00. The van der Waals surface area contributed by atoms with Gasteiger partial charge < -0.3 is 20.8 Å². The maximum absolute atomic E-state index is 11.9. The van der Waals surface area contributed by atoms with Gasteiger partial charge in [0.1, 0.15) is 11.3 Å². The Bertz CT molecular complexity index is 512. The summed E-state index contributed by atoms with van der Waals surface area (Å²) in [6.45, 7) is 6.10. The van der Waals surface area contributed by atoms with Gasteiger partial charge in [0.05, 0.1) is 0 Å². The van der Waals surface area contributed by atoms with Gasteiger partial charge in [0.25, 0.3) is 0 Å². The maximum Gasteiger partial charge on any atom is 0.339 e. The fourth-order valence-corrected chi connectivity index (χ4v) is 2.28. The molecular weight excluding hydrogens is 272 g/mol. The van der Waals surface area contributed by atoms with Gasteiger partial charge >= 0.3 is 12.0 Å². The lowest BCUT2D eigenvalue weighted by Gasteiger charge is -2.22. The highest BCUT2D eigenvalue weighted by molar-refractivity contribution is 5.94. The fraction of sp³-hybridized carbons (Fsp3) is 0.467. The third kappa shape index (κ3) is 4.66. The van der Waals surface area contributed by atoms with Crippen LogP contribution in [-0.4, -0.2) is 28.3 Å². The number of nitrogens with one attached hydrogen (secondary N) is 2. The molecule has 4 N–H and O–H groups in total. The van der Waals surface area contributed by atoms with Crippen LogP contribution in [0, 0.1) is 5.92 Å². The molecule has 6 heteroatoms. The van der Waals surface area contributed by atoms with Crippen LogP contribution in [0.3, 0.4) is 0 Å². The third-order valence-corrected chi connectivity index (χ3v) is 3.60. The average Bonchev–Trinajstić information content (AvgIpc) is 2.39. The van der Waals surface area contributed by atoms with E-state index in [2.05, 4.69) is 24.5 Å². The number of anilines is 1. The quantitative estimate of drug-likeness (QED) is 0.648. The first-order chi connectivity index (χ1) is 9.88. The predicted molar refractivity (Wildman–Crippen MR) is 80.8 cm³/mol. The van der Waals surface area contributed by atoms with Crippen molar-refractivity contribution in [2.75, 3.05) is 5.32 Å². The molecular formula is C15H22N2O4. The Morgan fingerprint density at radius 2 is 1.86 bits per heavy atom. The van der Waals surface area contributed by atoms with Crippen molar-refractivity contribution in [3.05, 3.63) is 23.8 Å². The van der Waals surface area contributed by atoms with E-state index in [1.165, 1.54) is 18.2 Å². The Morgan fingerprint density at radius 1 is 1.24 bits per heavy atom. The first kappa shape index (κ1) is 16.8. The van der Waals surface area contributed by atoms with Gasteiger partial charge in [0, 0.05) is 17.8 Å². The summed E-state index contributed by atoms with van der Waals surface area (Å²) in [6.07, 6.45) is 1.96. The molecule has 116 valence electrons. The minimum Gasteiger partial charge on any atom is -0.507 e. The van der Waals surface area contributed by atoms with Crippen molar-refractivity contribution < 1.29 is 19.8 Å². The minimum atomic E-state index is -1.22. The fourth-order valence-electron chi connectivity index (χ4n) is 2.28. The van der Waals surface area contributed by atoms with Crippen LogP contribution in [0.1, 0.15) is 44.0 Å². The van der Waals surface area contributed by atoms with Gasteiger partial charge in [-0.3, -0.25) is 0 Å². The number of carbonyl (C=O) groups excluding carboxylic acids is 1. The molecule has 1 atom stereocenters. The van der Waals surface area contributed by atoms with Crippen LogP contribution >= 0.6 is 0 Å².